The van der Waals surface area contributed by atoms with Gasteiger partial charge in [-0.05, 0) is 0 Å². The summed E-state index contributed by atoms with van der Waals surface area (Å²) < 4.78 is 2.07. The molecule has 0 aliphatic rings. The molecule has 0 saturated carbocycles. The van der Waals surface area contributed by atoms with E-state index in [0.717, 1.165) is 0 Å². The molecule has 1 N–H and O–H groups in total. The monoisotopic (exact) mass is 338 g/mol. The van der Waals surface area contributed by atoms with E-state index in [1.54, 1.807) is 16.1 Å². The number of nitrogens with one attached hydrogen (secondary N) is 1. The fourth-order valence-electron chi connectivity index (χ4n) is 0.517. The Balaban J connectivity index is 3.59. The van der Waals surface area contributed by atoms with Gasteiger partial charge in [-0.25, -0.2) is 0 Å². The topological polar surface area (TPSA) is 37.8 Å². The van der Waals surface area contributed by atoms with E-state index in [1.165, 1.54) is 0 Å². The molecule has 0 aromatic carbocycles. The first-order valence-electron chi connectivity index (χ1n) is 2.56. The Hall–Kier alpha value is -0.160. The molecule has 1 aromatic rings. The zero-order chi connectivity index (χ0) is 7.72. The number of nitrogens with zero attached hydrogens (tertiary/aromatic N) is 1. The van der Waals surface area contributed by atoms with Crippen molar-refractivity contribution < 1.29 is 21.3 Å². The van der Waals surface area contributed by atoms with Crippen LogP contribution in [0.25, 0.3) is 0 Å². The summed E-state index contributed by atoms with van der Waals surface area (Å²) in [5.74, 6) is 0. The van der Waals surface area contributed by atoms with E-state index < -0.39 is 0 Å². The molecule has 5 heteroatoms. The van der Waals surface area contributed by atoms with E-state index in [4.69, 9.17) is 12.2 Å². The average molecular weight is 338 g/mol. The van der Waals surface area contributed by atoms with E-state index in [9.17, 15) is 4.79 Å². The van der Waals surface area contributed by atoms with Gasteiger partial charge in [-0.1, -0.05) is 0 Å². The van der Waals surface area contributed by atoms with Gasteiger partial charge >= 0.3 is 75.3 Å². The molecule has 10 heavy (non-hydrogen) atoms. The second-order valence-corrected chi connectivity index (χ2v) is 3.28. The summed E-state index contributed by atoms with van der Waals surface area (Å²) in [6, 6.07) is 0. The molecule has 0 radical (unpaired) electrons. The van der Waals surface area contributed by atoms with E-state index in [-0.39, 0.29) is 5.56 Å². The number of rotatable bonds is 0. The van der Waals surface area contributed by atoms with Crippen molar-refractivity contribution in [3.63, 3.8) is 0 Å². The molecule has 0 aliphatic heterocycles. The molecule has 0 atom stereocenters. The molecule has 0 unspecified atom stereocenters. The van der Waals surface area contributed by atoms with Crippen LogP contribution in [0.1, 0.15) is 5.56 Å². The fraction of sp³-hybridized carbons (Fsp3) is 0.200. The van der Waals surface area contributed by atoms with Gasteiger partial charge in [0.25, 0.3) is 0 Å². The number of aryl methyl sites for hydroxylation is 1. The van der Waals surface area contributed by atoms with E-state index >= 15 is 0 Å². The average Bonchev–Trinajstić information content (AvgIpc) is 1.84. The molecule has 1 heterocycles. The minimum absolute atomic E-state index is 0.117. The van der Waals surface area contributed by atoms with Crippen LogP contribution in [0.4, 0.5) is 0 Å². The summed E-state index contributed by atoms with van der Waals surface area (Å²) in [6.07, 6.45) is 1.68. The molecule has 0 fully saturated rings. The van der Waals surface area contributed by atoms with Crippen LogP contribution in [0.2, 0.25) is 0 Å². The van der Waals surface area contributed by atoms with Crippen LogP contribution in [0.15, 0.2) is 11.0 Å². The van der Waals surface area contributed by atoms with E-state index in [1.807, 2.05) is 0 Å². The maximum atomic E-state index is 10.9. The zero-order valence-corrected chi connectivity index (χ0v) is 8.13. The second-order valence-electron chi connectivity index (χ2n) is 1.85. The van der Waals surface area contributed by atoms with Crippen LogP contribution in [0.3, 0.4) is 0 Å². The Morgan fingerprint density at radius 1 is 1.80 bits per heavy atom. The summed E-state index contributed by atoms with van der Waals surface area (Å²) in [5.41, 5.74) is 0.546. The second kappa shape index (κ2) is 2.84. The van der Waals surface area contributed by atoms with Crippen molar-refractivity contribution >= 4 is 12.2 Å². The molecule has 0 amide bonds. The van der Waals surface area contributed by atoms with Gasteiger partial charge in [-0.15, -0.1) is 0 Å². The van der Waals surface area contributed by atoms with Gasteiger partial charge in [0.1, 0.15) is 0 Å². The summed E-state index contributed by atoms with van der Waals surface area (Å²) in [6.45, 7) is 1.73. The molecule has 0 saturated heterocycles. The predicted octanol–water partition coefficient (Wildman–Crippen LogP) is 0.524. The first kappa shape index (κ1) is 7.94. The first-order valence-corrected chi connectivity index (χ1v) is 3.94. The number of H-pyrrole nitrogens is 1. The summed E-state index contributed by atoms with van der Waals surface area (Å²) >= 11 is 6.98. The van der Waals surface area contributed by atoms with Crippen LogP contribution in [-0.2, 0) is 21.3 Å². The standard InChI is InChI=1S/C5H6N2OS.Au/c1-3-2-6-5(9)7-4(3)8;/h2H,1H3,(H2,6,7,8,9);/q;+1/p-1. The SMILES string of the molecule is Cc1c[n]([Au])c(=S)[nH]c1=O. The third kappa shape index (κ3) is 1.46. The van der Waals surface area contributed by atoms with E-state index in [2.05, 4.69) is 26.3 Å². The van der Waals surface area contributed by atoms with Crippen molar-refractivity contribution in [1.82, 2.24) is 7.95 Å². The Bertz CT molecular complexity index is 322. The number of aromatic amines is 1. The number of hydrogen-bond donors (Lipinski definition) is 1. The molecule has 1 rings (SSSR count). The maximum absolute atomic E-state index is 10.9. The zero-order valence-electron chi connectivity index (χ0n) is 5.14. The molecule has 0 bridgehead atoms. The Kier molecular flexibility index (Phi) is 2.25. The van der Waals surface area contributed by atoms with Gasteiger partial charge in [-0.2, -0.15) is 0 Å². The molecule has 0 aliphatic carbocycles. The van der Waals surface area contributed by atoms with Crippen molar-refractivity contribution in [2.45, 2.75) is 6.92 Å². The summed E-state index contributed by atoms with van der Waals surface area (Å²) in [7, 11) is 0. The van der Waals surface area contributed by atoms with Crippen molar-refractivity contribution in [3.05, 3.63) is 26.9 Å². The van der Waals surface area contributed by atoms with Gasteiger partial charge < -0.3 is 0 Å². The Morgan fingerprint density at radius 2 is 2.40 bits per heavy atom. The van der Waals surface area contributed by atoms with Gasteiger partial charge in [-0.3, -0.25) is 0 Å². The predicted molar refractivity (Wildman–Crippen MR) is 36.0 cm³/mol. The molecule has 0 spiro atoms. The third-order valence-corrected chi connectivity index (χ3v) is 2.43. The molecular weight excluding hydrogens is 333 g/mol. The van der Waals surface area contributed by atoms with E-state index in [0.29, 0.717) is 10.3 Å². The summed E-state index contributed by atoms with van der Waals surface area (Å²) in [4.78, 5) is 13.4. The molecule has 1 aromatic heterocycles. The van der Waals surface area contributed by atoms with Crippen molar-refractivity contribution in [1.29, 1.82) is 0 Å². The van der Waals surface area contributed by atoms with Crippen LogP contribution >= 0.6 is 12.2 Å². The van der Waals surface area contributed by atoms with Crippen LogP contribution in [0, 0.1) is 11.7 Å². The van der Waals surface area contributed by atoms with Crippen molar-refractivity contribution in [2.24, 2.45) is 0 Å². The quantitative estimate of drug-likeness (QED) is 0.553. The van der Waals surface area contributed by atoms with Crippen LogP contribution in [-0.4, -0.2) is 7.95 Å². The van der Waals surface area contributed by atoms with Gasteiger partial charge in [0.05, 0.1) is 0 Å². The van der Waals surface area contributed by atoms with Gasteiger partial charge in [0.2, 0.25) is 0 Å². The van der Waals surface area contributed by atoms with Crippen LogP contribution in [0.5, 0.6) is 0 Å². The minimum atomic E-state index is -0.117. The molecule has 58 valence electrons. The van der Waals surface area contributed by atoms with Crippen molar-refractivity contribution in [2.75, 3.05) is 0 Å². The molecular formula is C5H5AuN2OS. The Morgan fingerprint density at radius 3 is 2.90 bits per heavy atom. The number of hydrogen-bond acceptors (Lipinski definition) is 2. The third-order valence-electron chi connectivity index (χ3n) is 1.05. The van der Waals surface area contributed by atoms with Gasteiger partial charge in [0.15, 0.2) is 0 Å². The molecule has 3 nitrogen and oxygen atoms in total. The first-order chi connectivity index (χ1) is 4.61. The fourth-order valence-corrected chi connectivity index (χ4v) is 1.20. The van der Waals surface area contributed by atoms with Gasteiger partial charge in [0, 0.05) is 0 Å². The normalized spacial score (nSPS) is 9.90. The Labute approximate surface area is 75.3 Å². The van der Waals surface area contributed by atoms with Crippen molar-refractivity contribution in [3.8, 4) is 0 Å². The number of aromatic nitrogens is 2. The summed E-state index contributed by atoms with van der Waals surface area (Å²) in [5, 5.41) is 0. The van der Waals surface area contributed by atoms with Crippen LogP contribution < -0.4 is 5.56 Å².